The zero-order valence-corrected chi connectivity index (χ0v) is 19.6. The number of carbonyl (C=O) groups excluding carboxylic acids is 1. The number of hydrogen-bond donors (Lipinski definition) is 1. The van der Waals surface area contributed by atoms with Crippen LogP contribution in [0.1, 0.15) is 53.5 Å². The maximum absolute atomic E-state index is 14.4. The van der Waals surface area contributed by atoms with Gasteiger partial charge in [0.2, 0.25) is 5.91 Å². The zero-order valence-electron chi connectivity index (χ0n) is 19.6. The van der Waals surface area contributed by atoms with Gasteiger partial charge in [0.05, 0.1) is 5.69 Å². The average molecular weight is 471 g/mol. The third kappa shape index (κ3) is 4.34. The molecule has 4 rings (SSSR count). The molecular formula is C26H29F3N4O. The first-order valence-corrected chi connectivity index (χ1v) is 11.6. The average Bonchev–Trinajstić information content (AvgIpc) is 3.19. The van der Waals surface area contributed by atoms with Crippen molar-refractivity contribution in [2.75, 3.05) is 13.6 Å². The molecular weight excluding hydrogens is 441 g/mol. The molecule has 1 amide bonds. The lowest BCUT2D eigenvalue weighted by atomic mass is 9.88. The van der Waals surface area contributed by atoms with E-state index >= 15 is 0 Å². The molecule has 1 aliphatic rings. The summed E-state index contributed by atoms with van der Waals surface area (Å²) >= 11 is 0. The first kappa shape index (κ1) is 24.0. The van der Waals surface area contributed by atoms with Gasteiger partial charge in [0.15, 0.2) is 17.5 Å². The van der Waals surface area contributed by atoms with Crippen LogP contribution in [-0.2, 0) is 24.2 Å². The molecule has 0 fully saturated rings. The minimum Gasteiger partial charge on any atom is -0.358 e. The number of rotatable bonds is 7. The van der Waals surface area contributed by atoms with Crippen LogP contribution in [0.2, 0.25) is 0 Å². The molecule has 1 aromatic heterocycles. The van der Waals surface area contributed by atoms with Crippen molar-refractivity contribution in [2.24, 2.45) is 0 Å². The summed E-state index contributed by atoms with van der Waals surface area (Å²) in [4.78, 5) is 15.2. The molecule has 1 N–H and O–H groups in total. The number of carbonyl (C=O) groups is 1. The van der Waals surface area contributed by atoms with E-state index in [4.69, 9.17) is 5.10 Å². The van der Waals surface area contributed by atoms with E-state index in [9.17, 15) is 18.0 Å². The number of aromatic nitrogens is 2. The number of nitrogens with zero attached hydrogens (tertiary/aromatic N) is 3. The molecule has 0 radical (unpaired) electrons. The Morgan fingerprint density at radius 1 is 1.15 bits per heavy atom. The summed E-state index contributed by atoms with van der Waals surface area (Å²) < 4.78 is 43.7. The lowest BCUT2D eigenvalue weighted by Gasteiger charge is -2.41. The van der Waals surface area contributed by atoms with Gasteiger partial charge in [-0.25, -0.2) is 13.2 Å². The summed E-state index contributed by atoms with van der Waals surface area (Å²) in [5, 5.41) is 7.48. The Labute approximate surface area is 197 Å². The highest BCUT2D eigenvalue weighted by Crippen LogP contribution is 2.40. The fraction of sp³-hybridized carbons (Fsp3) is 0.385. The third-order valence-corrected chi connectivity index (χ3v) is 6.67. The van der Waals surface area contributed by atoms with Crippen LogP contribution >= 0.6 is 0 Å². The predicted octanol–water partition coefficient (Wildman–Crippen LogP) is 4.65. The second-order valence-electron chi connectivity index (χ2n) is 8.57. The molecule has 3 aromatic rings. The van der Waals surface area contributed by atoms with Crippen molar-refractivity contribution >= 4 is 5.91 Å². The lowest BCUT2D eigenvalue weighted by molar-refractivity contribution is -0.127. The second-order valence-corrected chi connectivity index (χ2v) is 8.57. The quantitative estimate of drug-likeness (QED) is 0.512. The van der Waals surface area contributed by atoms with Gasteiger partial charge >= 0.3 is 0 Å². The highest BCUT2D eigenvalue weighted by atomic mass is 19.2. The highest BCUT2D eigenvalue weighted by Gasteiger charge is 2.39. The fourth-order valence-electron chi connectivity index (χ4n) is 5.09. The van der Waals surface area contributed by atoms with Gasteiger partial charge in [-0.05, 0) is 43.9 Å². The maximum Gasteiger partial charge on any atom is 0.241 e. The second kappa shape index (κ2) is 10.0. The molecule has 0 bridgehead atoms. The Morgan fingerprint density at radius 3 is 2.56 bits per heavy atom. The SMILES string of the molecule is CCn1nc(C)c2c1CCN(C(C(=O)NC)c1ccccc1)C2CCc1ccc(F)c(F)c1F. The molecule has 2 unspecified atom stereocenters. The first-order chi connectivity index (χ1) is 16.4. The summed E-state index contributed by atoms with van der Waals surface area (Å²) in [6.07, 6.45) is 1.33. The highest BCUT2D eigenvalue weighted by molar-refractivity contribution is 5.83. The molecule has 8 heteroatoms. The first-order valence-electron chi connectivity index (χ1n) is 11.6. The van der Waals surface area contributed by atoms with Crippen LogP contribution in [0, 0.1) is 24.4 Å². The fourth-order valence-corrected chi connectivity index (χ4v) is 5.09. The van der Waals surface area contributed by atoms with E-state index in [1.165, 1.54) is 6.07 Å². The molecule has 2 aromatic carbocycles. The smallest absolute Gasteiger partial charge is 0.241 e. The molecule has 2 atom stereocenters. The Balaban J connectivity index is 1.76. The number of aryl methyl sites for hydroxylation is 3. The van der Waals surface area contributed by atoms with Gasteiger partial charge in [-0.1, -0.05) is 36.4 Å². The van der Waals surface area contributed by atoms with Crippen LogP contribution in [0.4, 0.5) is 13.2 Å². The van der Waals surface area contributed by atoms with Gasteiger partial charge in [0.25, 0.3) is 0 Å². The summed E-state index contributed by atoms with van der Waals surface area (Å²) in [7, 11) is 1.61. The molecule has 0 saturated carbocycles. The molecule has 0 spiro atoms. The van der Waals surface area contributed by atoms with Gasteiger partial charge in [-0.3, -0.25) is 14.4 Å². The van der Waals surface area contributed by atoms with Crippen LogP contribution in [0.5, 0.6) is 0 Å². The van der Waals surface area contributed by atoms with Crippen molar-refractivity contribution in [1.82, 2.24) is 20.0 Å². The standard InChI is InChI=1S/C26H29F3N4O/c1-4-33-21-14-15-32(25(26(34)30-3)18-8-6-5-7-9-18)20(22(21)16(2)31-33)13-11-17-10-12-19(27)24(29)23(17)28/h5-10,12,20,25H,4,11,13-15H2,1-3H3,(H,30,34). The zero-order chi connectivity index (χ0) is 24.4. The number of halogens is 3. The molecule has 34 heavy (non-hydrogen) atoms. The van der Waals surface area contributed by atoms with Crippen LogP contribution < -0.4 is 5.32 Å². The summed E-state index contributed by atoms with van der Waals surface area (Å²) in [5.74, 6) is -3.96. The molecule has 180 valence electrons. The normalized spacial score (nSPS) is 16.8. The van der Waals surface area contributed by atoms with E-state index in [1.807, 2.05) is 48.9 Å². The van der Waals surface area contributed by atoms with Crippen LogP contribution in [0.3, 0.4) is 0 Å². The van der Waals surface area contributed by atoms with Crippen LogP contribution in [-0.4, -0.2) is 34.2 Å². The summed E-state index contributed by atoms with van der Waals surface area (Å²) in [6, 6.07) is 11.0. The number of amides is 1. The monoisotopic (exact) mass is 470 g/mol. The van der Waals surface area contributed by atoms with E-state index in [2.05, 4.69) is 10.2 Å². The summed E-state index contributed by atoms with van der Waals surface area (Å²) in [6.45, 7) is 5.30. The van der Waals surface area contributed by atoms with Crippen molar-refractivity contribution in [2.45, 2.75) is 51.7 Å². The molecule has 2 heterocycles. The van der Waals surface area contributed by atoms with Crippen molar-refractivity contribution in [3.63, 3.8) is 0 Å². The molecule has 0 saturated heterocycles. The Hall–Kier alpha value is -3.13. The van der Waals surface area contributed by atoms with Crippen molar-refractivity contribution in [1.29, 1.82) is 0 Å². The van der Waals surface area contributed by atoms with Gasteiger partial charge in [0, 0.05) is 43.9 Å². The number of fused-ring (bicyclic) bond motifs is 1. The van der Waals surface area contributed by atoms with Crippen molar-refractivity contribution in [3.8, 4) is 0 Å². The number of nitrogens with one attached hydrogen (secondary N) is 1. The number of hydrogen-bond acceptors (Lipinski definition) is 3. The Morgan fingerprint density at radius 2 is 1.88 bits per heavy atom. The minimum atomic E-state index is -1.46. The van der Waals surface area contributed by atoms with Crippen LogP contribution in [0.25, 0.3) is 0 Å². The largest absolute Gasteiger partial charge is 0.358 e. The lowest BCUT2D eigenvalue weighted by Crippen LogP contribution is -2.45. The van der Waals surface area contributed by atoms with E-state index < -0.39 is 23.5 Å². The molecule has 1 aliphatic heterocycles. The van der Waals surface area contributed by atoms with Crippen molar-refractivity contribution in [3.05, 3.63) is 88.0 Å². The van der Waals surface area contributed by atoms with Gasteiger partial charge in [0.1, 0.15) is 6.04 Å². The van der Waals surface area contributed by atoms with Gasteiger partial charge < -0.3 is 5.32 Å². The van der Waals surface area contributed by atoms with E-state index in [1.54, 1.807) is 7.05 Å². The topological polar surface area (TPSA) is 50.2 Å². The van der Waals surface area contributed by atoms with Gasteiger partial charge in [-0.15, -0.1) is 0 Å². The molecule has 0 aliphatic carbocycles. The number of likely N-dealkylation sites (N-methyl/N-ethyl adjacent to an activating group) is 1. The maximum atomic E-state index is 14.4. The molecule has 5 nitrogen and oxygen atoms in total. The van der Waals surface area contributed by atoms with Gasteiger partial charge in [-0.2, -0.15) is 5.10 Å². The summed E-state index contributed by atoms with van der Waals surface area (Å²) in [5.41, 5.74) is 3.97. The van der Waals surface area contributed by atoms with E-state index in [0.29, 0.717) is 13.0 Å². The predicted molar refractivity (Wildman–Crippen MR) is 124 cm³/mol. The number of benzene rings is 2. The Kier molecular flexibility index (Phi) is 7.07. The van der Waals surface area contributed by atoms with E-state index in [-0.39, 0.29) is 23.9 Å². The Bertz CT molecular complexity index is 1180. The van der Waals surface area contributed by atoms with Crippen molar-refractivity contribution < 1.29 is 18.0 Å². The third-order valence-electron chi connectivity index (χ3n) is 6.67. The minimum absolute atomic E-state index is 0.114. The van der Waals surface area contributed by atoms with E-state index in [0.717, 1.165) is 41.5 Å². The van der Waals surface area contributed by atoms with Crippen LogP contribution in [0.15, 0.2) is 42.5 Å².